The van der Waals surface area contributed by atoms with Crippen molar-refractivity contribution >= 4 is 63.3 Å². The standard InChI is InChI=1S/C21H17ClN6O5S2/c1-2-8-33-26-13(12-16(22)35-21(23)25-12)17(29)24-14-18(30)28-15(20(31)32)11(10-34-19(14)28)9-27-6-4-3-5-7-27/h1,3-7,14,19H,8-10H2,(H3-,23,24,25,29,31,32)/p+1/t14?,19-/m1/s1. The molecule has 0 radical (unpaired) electrons. The van der Waals surface area contributed by atoms with Gasteiger partial charge in [-0.15, -0.1) is 18.2 Å². The molecule has 1 unspecified atom stereocenters. The molecule has 35 heavy (non-hydrogen) atoms. The van der Waals surface area contributed by atoms with Gasteiger partial charge in [0.2, 0.25) is 0 Å². The van der Waals surface area contributed by atoms with Gasteiger partial charge in [0, 0.05) is 23.5 Å². The second kappa shape index (κ2) is 10.3. The van der Waals surface area contributed by atoms with Crippen LogP contribution in [0.25, 0.3) is 0 Å². The molecule has 11 nitrogen and oxygen atoms in total. The fourth-order valence-corrected chi connectivity index (χ4v) is 5.83. The molecular weight excluding hydrogens is 516 g/mol. The van der Waals surface area contributed by atoms with Gasteiger partial charge in [0.1, 0.15) is 27.1 Å². The van der Waals surface area contributed by atoms with E-state index in [0.717, 1.165) is 11.3 Å². The van der Waals surface area contributed by atoms with Crippen LogP contribution in [0.4, 0.5) is 5.13 Å². The van der Waals surface area contributed by atoms with Gasteiger partial charge in [-0.05, 0) is 0 Å². The molecule has 1 saturated heterocycles. The number of carboxylic acids is 1. The van der Waals surface area contributed by atoms with Crippen LogP contribution in [0.2, 0.25) is 4.34 Å². The molecule has 0 aromatic carbocycles. The van der Waals surface area contributed by atoms with Crippen LogP contribution >= 0.6 is 34.7 Å². The van der Waals surface area contributed by atoms with E-state index in [0.29, 0.717) is 17.9 Å². The van der Waals surface area contributed by atoms with Crippen LogP contribution in [0.1, 0.15) is 5.69 Å². The van der Waals surface area contributed by atoms with Crippen LogP contribution in [0, 0.1) is 12.3 Å². The second-order valence-corrected chi connectivity index (χ2v) is 10.00. The van der Waals surface area contributed by atoms with E-state index in [-0.39, 0.29) is 33.2 Å². The van der Waals surface area contributed by atoms with Crippen LogP contribution < -0.4 is 15.6 Å². The predicted octanol–water partition coefficient (Wildman–Crippen LogP) is 0.459. The lowest BCUT2D eigenvalue weighted by Crippen LogP contribution is -2.71. The number of carboxylic acid groups (broad SMARTS) is 1. The van der Waals surface area contributed by atoms with Crippen molar-refractivity contribution in [2.45, 2.75) is 18.0 Å². The number of oxime groups is 1. The summed E-state index contributed by atoms with van der Waals surface area (Å²) in [5.41, 5.74) is 5.85. The van der Waals surface area contributed by atoms with Crippen LogP contribution in [0.5, 0.6) is 0 Å². The van der Waals surface area contributed by atoms with Crippen molar-refractivity contribution in [1.82, 2.24) is 15.2 Å². The van der Waals surface area contributed by atoms with Crippen LogP contribution in [0.15, 0.2) is 47.0 Å². The number of hydrogen-bond donors (Lipinski definition) is 3. The molecule has 2 atom stereocenters. The molecule has 14 heteroatoms. The van der Waals surface area contributed by atoms with Gasteiger partial charge in [-0.25, -0.2) is 14.3 Å². The summed E-state index contributed by atoms with van der Waals surface area (Å²) >= 11 is 8.41. The number of β-lactam (4-membered cyclic amide) rings is 1. The van der Waals surface area contributed by atoms with Crippen molar-refractivity contribution in [2.75, 3.05) is 18.1 Å². The quantitative estimate of drug-likeness (QED) is 0.110. The molecule has 2 aromatic heterocycles. The number of nitrogens with one attached hydrogen (secondary N) is 1. The van der Waals surface area contributed by atoms with Crippen molar-refractivity contribution < 1.29 is 28.9 Å². The Kier molecular flexibility index (Phi) is 7.25. The number of nitrogen functional groups attached to an aromatic ring is 1. The zero-order valence-electron chi connectivity index (χ0n) is 17.9. The first-order chi connectivity index (χ1) is 16.8. The lowest BCUT2D eigenvalue weighted by molar-refractivity contribution is -0.689. The third-order valence-electron chi connectivity index (χ3n) is 5.03. The molecule has 180 valence electrons. The minimum Gasteiger partial charge on any atom is -0.477 e. The third kappa shape index (κ3) is 4.95. The maximum Gasteiger partial charge on any atom is 0.352 e. The number of terminal acetylenes is 1. The number of thiazole rings is 1. The van der Waals surface area contributed by atoms with Crippen LogP contribution in [-0.2, 0) is 25.8 Å². The van der Waals surface area contributed by atoms with Crippen LogP contribution in [-0.4, -0.2) is 62.3 Å². The van der Waals surface area contributed by atoms with Gasteiger partial charge in [0.25, 0.3) is 11.8 Å². The average molecular weight is 534 g/mol. The highest BCUT2D eigenvalue weighted by molar-refractivity contribution is 8.00. The molecule has 4 rings (SSSR count). The number of amides is 2. The molecule has 2 aromatic rings. The minimum absolute atomic E-state index is 0.0168. The number of hydrogen-bond acceptors (Lipinski definition) is 9. The Morgan fingerprint density at radius 1 is 1.43 bits per heavy atom. The number of aromatic nitrogens is 2. The van der Waals surface area contributed by atoms with E-state index in [1.54, 1.807) is 0 Å². The van der Waals surface area contributed by atoms with Gasteiger partial charge in [0.15, 0.2) is 36.4 Å². The van der Waals surface area contributed by atoms with E-state index in [1.165, 1.54) is 16.7 Å². The Morgan fingerprint density at radius 2 is 2.17 bits per heavy atom. The number of fused-ring (bicyclic) bond motifs is 1. The average Bonchev–Trinajstić information content (AvgIpc) is 3.17. The molecule has 1 fully saturated rings. The molecule has 2 aliphatic heterocycles. The number of halogens is 1. The highest BCUT2D eigenvalue weighted by Gasteiger charge is 2.54. The van der Waals surface area contributed by atoms with Crippen molar-refractivity contribution in [2.24, 2.45) is 5.16 Å². The largest absolute Gasteiger partial charge is 0.477 e. The maximum absolute atomic E-state index is 13.0. The summed E-state index contributed by atoms with van der Waals surface area (Å²) in [6.45, 7) is 0.105. The first-order valence-electron chi connectivity index (χ1n) is 10.0. The maximum atomic E-state index is 13.0. The van der Waals surface area contributed by atoms with Crippen LogP contribution in [0.3, 0.4) is 0 Å². The SMILES string of the molecule is C#CCON=C(C(=O)NC1C(=O)N2C(C(=O)O)=C(C[n+]3ccccc3)CS[C@H]12)c1nc(N)sc1Cl. The highest BCUT2D eigenvalue weighted by atomic mass is 35.5. The number of anilines is 1. The van der Waals surface area contributed by atoms with E-state index >= 15 is 0 Å². The summed E-state index contributed by atoms with van der Waals surface area (Å²) in [5.74, 6) is 0.0160. The number of nitrogens with two attached hydrogens (primary N) is 1. The van der Waals surface area contributed by atoms with Crippen molar-refractivity contribution in [3.05, 3.63) is 51.9 Å². The van der Waals surface area contributed by atoms with Crippen molar-refractivity contribution in [3.63, 3.8) is 0 Å². The van der Waals surface area contributed by atoms with Crippen molar-refractivity contribution in [3.8, 4) is 12.3 Å². The molecule has 0 bridgehead atoms. The monoisotopic (exact) mass is 533 g/mol. The number of carbonyl (C=O) groups is 3. The van der Waals surface area contributed by atoms with Gasteiger partial charge in [-0.2, -0.15) is 0 Å². The number of aliphatic carboxylic acids is 1. The first kappa shape index (κ1) is 24.5. The smallest absolute Gasteiger partial charge is 0.352 e. The Labute approximate surface area is 212 Å². The molecule has 2 aliphatic rings. The number of rotatable bonds is 8. The fraction of sp³-hybridized carbons (Fsp3) is 0.238. The van der Waals surface area contributed by atoms with Gasteiger partial charge < -0.3 is 21.0 Å². The zero-order valence-corrected chi connectivity index (χ0v) is 20.3. The number of pyridine rings is 1. The van der Waals surface area contributed by atoms with E-state index in [9.17, 15) is 19.5 Å². The van der Waals surface area contributed by atoms with Gasteiger partial charge in [0.05, 0.1) is 0 Å². The number of carbonyl (C=O) groups excluding carboxylic acids is 2. The Balaban J connectivity index is 1.55. The Hall–Kier alpha value is -3.60. The molecular formula is C21H18ClN6O5S2+. The van der Waals surface area contributed by atoms with Gasteiger partial charge in [-0.1, -0.05) is 40.1 Å². The molecule has 4 heterocycles. The molecule has 0 saturated carbocycles. The summed E-state index contributed by atoms with van der Waals surface area (Å²) in [5, 5.41) is 15.7. The van der Waals surface area contributed by atoms with E-state index in [4.69, 9.17) is 28.6 Å². The lowest BCUT2D eigenvalue weighted by Gasteiger charge is -2.49. The van der Waals surface area contributed by atoms with E-state index in [2.05, 4.69) is 21.4 Å². The molecule has 2 amide bonds. The zero-order chi connectivity index (χ0) is 25.1. The normalized spacial score (nSPS) is 19.5. The molecule has 0 spiro atoms. The summed E-state index contributed by atoms with van der Waals surface area (Å²) in [7, 11) is 0. The van der Waals surface area contributed by atoms with Gasteiger partial charge >= 0.3 is 5.97 Å². The Bertz CT molecular complexity index is 1290. The fourth-order valence-electron chi connectivity index (χ4n) is 3.56. The predicted molar refractivity (Wildman–Crippen MR) is 129 cm³/mol. The van der Waals surface area contributed by atoms with E-state index < -0.39 is 29.2 Å². The molecule has 4 N–H and O–H groups in total. The summed E-state index contributed by atoms with van der Waals surface area (Å²) in [4.78, 5) is 48.2. The minimum atomic E-state index is -1.21. The van der Waals surface area contributed by atoms with E-state index in [1.807, 2.05) is 35.2 Å². The number of nitrogens with zero attached hydrogens (tertiary/aromatic N) is 4. The topological polar surface area (TPSA) is 151 Å². The summed E-state index contributed by atoms with van der Waals surface area (Å²) in [6.07, 6.45) is 8.77. The first-order valence-corrected chi connectivity index (χ1v) is 12.3. The Morgan fingerprint density at radius 3 is 2.80 bits per heavy atom. The number of thioether (sulfide) groups is 1. The molecule has 0 aliphatic carbocycles. The van der Waals surface area contributed by atoms with Crippen molar-refractivity contribution in [1.29, 1.82) is 0 Å². The highest BCUT2D eigenvalue weighted by Crippen LogP contribution is 2.40. The van der Waals surface area contributed by atoms with Gasteiger partial charge in [-0.3, -0.25) is 14.5 Å². The second-order valence-electron chi connectivity index (χ2n) is 7.26. The third-order valence-corrected chi connectivity index (χ3v) is 7.46. The lowest BCUT2D eigenvalue weighted by atomic mass is 10.0. The summed E-state index contributed by atoms with van der Waals surface area (Å²) in [6, 6.07) is 4.52. The summed E-state index contributed by atoms with van der Waals surface area (Å²) < 4.78 is 1.93.